The lowest BCUT2D eigenvalue weighted by atomic mass is 9.77. The molecular weight excluding hydrogens is 234 g/mol. The highest BCUT2D eigenvalue weighted by molar-refractivity contribution is 5.37. The van der Waals surface area contributed by atoms with Crippen LogP contribution in [0.2, 0.25) is 0 Å². The molecule has 3 heteroatoms. The lowest BCUT2D eigenvalue weighted by Crippen LogP contribution is -2.34. The summed E-state index contributed by atoms with van der Waals surface area (Å²) in [5.74, 6) is 0. The molecule has 0 fully saturated rings. The van der Waals surface area contributed by atoms with Gasteiger partial charge in [-0.3, -0.25) is 4.98 Å². The van der Waals surface area contributed by atoms with Gasteiger partial charge in [0.25, 0.3) is 0 Å². The van der Waals surface area contributed by atoms with Crippen molar-refractivity contribution in [3.63, 3.8) is 0 Å². The molecule has 1 heterocycles. The van der Waals surface area contributed by atoms with Crippen LogP contribution in [0.1, 0.15) is 23.6 Å². The molecule has 96 valence electrons. The first-order chi connectivity index (χ1) is 9.18. The van der Waals surface area contributed by atoms with Gasteiger partial charge in [-0.05, 0) is 41.8 Å². The van der Waals surface area contributed by atoms with E-state index in [1.807, 2.05) is 36.4 Å². The van der Waals surface area contributed by atoms with E-state index >= 15 is 0 Å². The number of nitrogens with two attached hydrogens (primary N) is 1. The Morgan fingerprint density at radius 1 is 1.26 bits per heavy atom. The van der Waals surface area contributed by atoms with Crippen molar-refractivity contribution >= 4 is 0 Å². The summed E-state index contributed by atoms with van der Waals surface area (Å²) in [6.45, 7) is 2.66. The van der Waals surface area contributed by atoms with Crippen LogP contribution in [-0.4, -0.2) is 11.5 Å². The number of hydrogen-bond donors (Lipinski definition) is 1. The summed E-state index contributed by atoms with van der Waals surface area (Å²) in [6, 6.07) is 13.9. The quantitative estimate of drug-likeness (QED) is 0.907. The van der Waals surface area contributed by atoms with Crippen molar-refractivity contribution < 1.29 is 0 Å². The van der Waals surface area contributed by atoms with Gasteiger partial charge in [0.05, 0.1) is 11.6 Å². The van der Waals surface area contributed by atoms with Gasteiger partial charge in [0.2, 0.25) is 0 Å². The number of hydrogen-bond acceptors (Lipinski definition) is 3. The molecule has 1 atom stereocenters. The molecule has 1 unspecified atom stereocenters. The van der Waals surface area contributed by atoms with Crippen molar-refractivity contribution in [2.75, 3.05) is 6.54 Å². The molecule has 0 bridgehead atoms. The Hall–Kier alpha value is -2.18. The van der Waals surface area contributed by atoms with Crippen molar-refractivity contribution in [2.24, 2.45) is 5.73 Å². The first kappa shape index (κ1) is 13.3. The molecule has 19 heavy (non-hydrogen) atoms. The smallest absolute Gasteiger partial charge is 0.0991 e. The van der Waals surface area contributed by atoms with Crippen molar-refractivity contribution in [1.82, 2.24) is 4.98 Å². The zero-order valence-electron chi connectivity index (χ0n) is 11.0. The van der Waals surface area contributed by atoms with Gasteiger partial charge in [-0.1, -0.05) is 19.1 Å². The molecule has 2 N–H and O–H groups in total. The molecule has 1 aromatic carbocycles. The van der Waals surface area contributed by atoms with Crippen LogP contribution in [0.25, 0.3) is 0 Å². The van der Waals surface area contributed by atoms with Gasteiger partial charge in [0.1, 0.15) is 0 Å². The zero-order valence-corrected chi connectivity index (χ0v) is 11.0. The third-order valence-electron chi connectivity index (χ3n) is 3.48. The molecule has 0 aliphatic rings. The summed E-state index contributed by atoms with van der Waals surface area (Å²) < 4.78 is 0. The highest BCUT2D eigenvalue weighted by Gasteiger charge is 2.25. The highest BCUT2D eigenvalue weighted by Crippen LogP contribution is 2.27. The third kappa shape index (κ3) is 2.98. The van der Waals surface area contributed by atoms with E-state index < -0.39 is 0 Å². The topological polar surface area (TPSA) is 62.7 Å². The number of nitriles is 1. The second-order valence-corrected chi connectivity index (χ2v) is 4.99. The first-order valence-corrected chi connectivity index (χ1v) is 6.27. The van der Waals surface area contributed by atoms with Crippen LogP contribution >= 0.6 is 0 Å². The Balaban J connectivity index is 2.34. The van der Waals surface area contributed by atoms with Crippen LogP contribution < -0.4 is 5.73 Å². The summed E-state index contributed by atoms with van der Waals surface area (Å²) >= 11 is 0. The maximum absolute atomic E-state index is 9.00. The van der Waals surface area contributed by atoms with E-state index in [2.05, 4.69) is 18.0 Å². The largest absolute Gasteiger partial charge is 0.330 e. The van der Waals surface area contributed by atoms with E-state index in [0.717, 1.165) is 12.0 Å². The Morgan fingerprint density at radius 2 is 2.00 bits per heavy atom. The van der Waals surface area contributed by atoms with E-state index in [0.29, 0.717) is 12.1 Å². The van der Waals surface area contributed by atoms with E-state index in [1.165, 1.54) is 5.56 Å². The van der Waals surface area contributed by atoms with Gasteiger partial charge in [0, 0.05) is 24.4 Å². The molecule has 0 amide bonds. The highest BCUT2D eigenvalue weighted by atomic mass is 14.6. The van der Waals surface area contributed by atoms with Crippen molar-refractivity contribution in [3.05, 3.63) is 65.5 Å². The Bertz CT molecular complexity index is 586. The van der Waals surface area contributed by atoms with Gasteiger partial charge in [-0.25, -0.2) is 0 Å². The van der Waals surface area contributed by atoms with Crippen LogP contribution in [-0.2, 0) is 11.8 Å². The van der Waals surface area contributed by atoms with Crippen LogP contribution in [0.5, 0.6) is 0 Å². The molecule has 0 aliphatic carbocycles. The van der Waals surface area contributed by atoms with Gasteiger partial charge >= 0.3 is 0 Å². The SMILES string of the molecule is CC(CN)(Cc1ccncc1)c1cccc(C#N)c1. The molecule has 0 aliphatic heterocycles. The predicted molar refractivity (Wildman–Crippen MR) is 75.5 cm³/mol. The van der Waals surface area contributed by atoms with Crippen LogP contribution in [0.15, 0.2) is 48.8 Å². The van der Waals surface area contributed by atoms with Crippen molar-refractivity contribution in [3.8, 4) is 6.07 Å². The van der Waals surface area contributed by atoms with Crippen molar-refractivity contribution in [2.45, 2.75) is 18.8 Å². The molecular formula is C16H17N3. The number of benzene rings is 1. The monoisotopic (exact) mass is 251 g/mol. The van der Waals surface area contributed by atoms with Crippen molar-refractivity contribution in [1.29, 1.82) is 5.26 Å². The fourth-order valence-corrected chi connectivity index (χ4v) is 2.21. The van der Waals surface area contributed by atoms with Gasteiger partial charge in [-0.2, -0.15) is 5.26 Å². The molecule has 0 spiro atoms. The molecule has 3 nitrogen and oxygen atoms in total. The van der Waals surface area contributed by atoms with E-state index in [-0.39, 0.29) is 5.41 Å². The second kappa shape index (κ2) is 5.64. The number of aromatic nitrogens is 1. The van der Waals surface area contributed by atoms with Crippen LogP contribution in [0.3, 0.4) is 0 Å². The Morgan fingerprint density at radius 3 is 2.63 bits per heavy atom. The van der Waals surface area contributed by atoms with E-state index in [1.54, 1.807) is 12.4 Å². The summed E-state index contributed by atoms with van der Waals surface area (Å²) in [5.41, 5.74) is 8.78. The summed E-state index contributed by atoms with van der Waals surface area (Å²) in [6.07, 6.45) is 4.41. The maximum Gasteiger partial charge on any atom is 0.0991 e. The molecule has 0 saturated carbocycles. The van der Waals surface area contributed by atoms with Gasteiger partial charge in [0.15, 0.2) is 0 Å². The predicted octanol–water partition coefficient (Wildman–Crippen LogP) is 2.41. The number of nitrogens with zero attached hydrogens (tertiary/aromatic N) is 2. The minimum atomic E-state index is -0.172. The van der Waals surface area contributed by atoms with Crippen LogP contribution in [0, 0.1) is 11.3 Å². The van der Waals surface area contributed by atoms with E-state index in [4.69, 9.17) is 11.0 Å². The fraction of sp³-hybridized carbons (Fsp3) is 0.250. The normalized spacial score (nSPS) is 13.5. The fourth-order valence-electron chi connectivity index (χ4n) is 2.21. The Kier molecular flexibility index (Phi) is 3.94. The number of pyridine rings is 1. The average Bonchev–Trinajstić information content (AvgIpc) is 2.48. The van der Waals surface area contributed by atoms with E-state index in [9.17, 15) is 0 Å². The molecule has 2 aromatic rings. The average molecular weight is 251 g/mol. The summed E-state index contributed by atoms with van der Waals surface area (Å²) in [7, 11) is 0. The first-order valence-electron chi connectivity index (χ1n) is 6.27. The minimum absolute atomic E-state index is 0.172. The lowest BCUT2D eigenvalue weighted by molar-refractivity contribution is 0.480. The summed E-state index contributed by atoms with van der Waals surface area (Å²) in [4.78, 5) is 4.03. The molecule has 1 aromatic heterocycles. The second-order valence-electron chi connectivity index (χ2n) is 4.99. The summed E-state index contributed by atoms with van der Waals surface area (Å²) in [5, 5.41) is 9.00. The molecule has 0 saturated heterocycles. The molecule has 2 rings (SSSR count). The maximum atomic E-state index is 9.00. The standard InChI is InChI=1S/C16H17N3/c1-16(12-18,10-13-5-7-19-8-6-13)15-4-2-3-14(9-15)11-17/h2-9H,10,12,18H2,1H3. The molecule has 0 radical (unpaired) electrons. The third-order valence-corrected chi connectivity index (χ3v) is 3.48. The van der Waals surface area contributed by atoms with Gasteiger partial charge in [-0.15, -0.1) is 0 Å². The Labute approximate surface area is 113 Å². The van der Waals surface area contributed by atoms with Gasteiger partial charge < -0.3 is 5.73 Å². The minimum Gasteiger partial charge on any atom is -0.330 e. The lowest BCUT2D eigenvalue weighted by Gasteiger charge is -2.29. The zero-order chi connectivity index (χ0) is 13.7. The van der Waals surface area contributed by atoms with Crippen LogP contribution in [0.4, 0.5) is 0 Å². The number of rotatable bonds is 4.